The molecule has 0 radical (unpaired) electrons. The van der Waals surface area contributed by atoms with Crippen molar-refractivity contribution in [2.75, 3.05) is 14.2 Å². The van der Waals surface area contributed by atoms with Crippen LogP contribution in [-0.2, 0) is 6.42 Å². The van der Waals surface area contributed by atoms with Crippen molar-refractivity contribution in [1.29, 1.82) is 0 Å². The lowest BCUT2D eigenvalue weighted by Crippen LogP contribution is -2.18. The van der Waals surface area contributed by atoms with Gasteiger partial charge in [0, 0.05) is 10.5 Å². The smallest absolute Gasteiger partial charge is 0.118 e. The molecule has 0 amide bonds. The Bertz CT molecular complexity index is 507. The molecular weight excluding hydrogens is 302 g/mol. The maximum absolute atomic E-state index is 5.18. The summed E-state index contributed by atoms with van der Waals surface area (Å²) in [5.74, 6) is 0.897. The van der Waals surface area contributed by atoms with Gasteiger partial charge in [-0.1, -0.05) is 40.2 Å². The largest absolute Gasteiger partial charge is 0.497 e. The molecule has 1 atom stereocenters. The van der Waals surface area contributed by atoms with E-state index in [-0.39, 0.29) is 0 Å². The highest BCUT2D eigenvalue weighted by Crippen LogP contribution is 2.21. The number of methoxy groups -OCH3 is 1. The van der Waals surface area contributed by atoms with Crippen LogP contribution in [-0.4, -0.2) is 14.2 Å². The van der Waals surface area contributed by atoms with E-state index in [9.17, 15) is 0 Å². The van der Waals surface area contributed by atoms with Gasteiger partial charge in [-0.05, 0) is 48.9 Å². The molecular formula is C16H18BrNO. The molecule has 0 bridgehead atoms. The van der Waals surface area contributed by atoms with Gasteiger partial charge in [0.25, 0.3) is 0 Å². The number of rotatable bonds is 5. The number of hydrogen-bond donors (Lipinski definition) is 1. The fraction of sp³-hybridized carbons (Fsp3) is 0.250. The molecule has 1 N–H and O–H groups in total. The minimum absolute atomic E-state index is 0.321. The third-order valence-corrected chi connectivity index (χ3v) is 3.75. The summed E-state index contributed by atoms with van der Waals surface area (Å²) in [6, 6.07) is 17.0. The molecule has 0 aliphatic heterocycles. The minimum atomic E-state index is 0.321. The lowest BCUT2D eigenvalue weighted by Gasteiger charge is -2.17. The van der Waals surface area contributed by atoms with Crippen LogP contribution in [0, 0.1) is 0 Å². The van der Waals surface area contributed by atoms with E-state index in [0.29, 0.717) is 6.04 Å². The number of hydrogen-bond acceptors (Lipinski definition) is 2. The molecule has 2 aromatic carbocycles. The van der Waals surface area contributed by atoms with Crippen LogP contribution in [0.3, 0.4) is 0 Å². The van der Waals surface area contributed by atoms with Gasteiger partial charge in [0.05, 0.1) is 7.11 Å². The molecule has 0 heterocycles. The van der Waals surface area contributed by atoms with Crippen molar-refractivity contribution in [1.82, 2.24) is 5.32 Å². The fourth-order valence-corrected chi connectivity index (χ4v) is 2.34. The molecule has 2 rings (SSSR count). The third kappa shape index (κ3) is 3.82. The Balaban J connectivity index is 2.11. The van der Waals surface area contributed by atoms with Gasteiger partial charge < -0.3 is 10.1 Å². The van der Waals surface area contributed by atoms with E-state index < -0.39 is 0 Å². The van der Waals surface area contributed by atoms with E-state index in [2.05, 4.69) is 57.6 Å². The number of benzene rings is 2. The second kappa shape index (κ2) is 6.73. The van der Waals surface area contributed by atoms with Crippen LogP contribution in [0.5, 0.6) is 5.75 Å². The summed E-state index contributed by atoms with van der Waals surface area (Å²) in [7, 11) is 3.68. The SMILES string of the molecule is CNC(Cc1ccc(OC)cc1)c1ccc(Br)cc1. The topological polar surface area (TPSA) is 21.3 Å². The van der Waals surface area contributed by atoms with E-state index in [4.69, 9.17) is 4.74 Å². The first-order valence-electron chi connectivity index (χ1n) is 6.28. The van der Waals surface area contributed by atoms with Gasteiger partial charge in [-0.3, -0.25) is 0 Å². The normalized spacial score (nSPS) is 12.2. The summed E-state index contributed by atoms with van der Waals surface area (Å²) in [6.07, 6.45) is 0.960. The summed E-state index contributed by atoms with van der Waals surface area (Å²) in [6.45, 7) is 0. The lowest BCUT2D eigenvalue weighted by atomic mass is 9.99. The molecule has 0 aliphatic rings. The first-order chi connectivity index (χ1) is 9.22. The van der Waals surface area contributed by atoms with Crippen molar-refractivity contribution in [3.05, 3.63) is 64.1 Å². The lowest BCUT2D eigenvalue weighted by molar-refractivity contribution is 0.414. The van der Waals surface area contributed by atoms with E-state index >= 15 is 0 Å². The third-order valence-electron chi connectivity index (χ3n) is 3.22. The van der Waals surface area contributed by atoms with Crippen molar-refractivity contribution in [2.24, 2.45) is 0 Å². The van der Waals surface area contributed by atoms with Crippen LogP contribution < -0.4 is 10.1 Å². The standard InChI is InChI=1S/C16H18BrNO/c1-18-16(13-5-7-14(17)8-6-13)11-12-3-9-15(19-2)10-4-12/h3-10,16,18H,11H2,1-2H3. The molecule has 3 heteroatoms. The van der Waals surface area contributed by atoms with Crippen LogP contribution in [0.25, 0.3) is 0 Å². The Labute approximate surface area is 122 Å². The van der Waals surface area contributed by atoms with Gasteiger partial charge in [-0.25, -0.2) is 0 Å². The summed E-state index contributed by atoms with van der Waals surface area (Å²) >= 11 is 3.46. The Morgan fingerprint density at radius 1 is 1.05 bits per heavy atom. The predicted molar refractivity (Wildman–Crippen MR) is 82.6 cm³/mol. The summed E-state index contributed by atoms with van der Waals surface area (Å²) in [5.41, 5.74) is 2.59. The van der Waals surface area contributed by atoms with Crippen LogP contribution in [0.2, 0.25) is 0 Å². The average molecular weight is 320 g/mol. The minimum Gasteiger partial charge on any atom is -0.497 e. The maximum Gasteiger partial charge on any atom is 0.118 e. The van der Waals surface area contributed by atoms with Gasteiger partial charge in [0.1, 0.15) is 5.75 Å². The fourth-order valence-electron chi connectivity index (χ4n) is 2.08. The maximum atomic E-state index is 5.18. The van der Waals surface area contributed by atoms with Gasteiger partial charge in [0.2, 0.25) is 0 Å². The van der Waals surface area contributed by atoms with E-state index in [0.717, 1.165) is 16.6 Å². The second-order valence-electron chi connectivity index (χ2n) is 4.45. The van der Waals surface area contributed by atoms with E-state index in [1.54, 1.807) is 7.11 Å². The van der Waals surface area contributed by atoms with Crippen LogP contribution in [0.15, 0.2) is 53.0 Å². The Hall–Kier alpha value is -1.32. The van der Waals surface area contributed by atoms with E-state index in [1.165, 1.54) is 11.1 Å². The molecule has 1 unspecified atom stereocenters. The molecule has 19 heavy (non-hydrogen) atoms. The molecule has 0 saturated carbocycles. The zero-order valence-electron chi connectivity index (χ0n) is 11.2. The zero-order valence-corrected chi connectivity index (χ0v) is 12.8. The van der Waals surface area contributed by atoms with Gasteiger partial charge in [-0.15, -0.1) is 0 Å². The molecule has 2 nitrogen and oxygen atoms in total. The van der Waals surface area contributed by atoms with Crippen LogP contribution in [0.1, 0.15) is 17.2 Å². The molecule has 0 spiro atoms. The summed E-state index contributed by atoms with van der Waals surface area (Å²) in [4.78, 5) is 0. The van der Waals surface area contributed by atoms with Crippen molar-refractivity contribution < 1.29 is 4.74 Å². The number of halogens is 1. The molecule has 0 aliphatic carbocycles. The molecule has 100 valence electrons. The van der Waals surface area contributed by atoms with Crippen LogP contribution >= 0.6 is 15.9 Å². The Morgan fingerprint density at radius 2 is 1.68 bits per heavy atom. The number of nitrogens with one attached hydrogen (secondary N) is 1. The monoisotopic (exact) mass is 319 g/mol. The highest BCUT2D eigenvalue weighted by molar-refractivity contribution is 9.10. The highest BCUT2D eigenvalue weighted by atomic mass is 79.9. The number of ether oxygens (including phenoxy) is 1. The quantitative estimate of drug-likeness (QED) is 0.900. The van der Waals surface area contributed by atoms with Crippen molar-refractivity contribution in [2.45, 2.75) is 12.5 Å². The van der Waals surface area contributed by atoms with Crippen molar-refractivity contribution in [3.63, 3.8) is 0 Å². The summed E-state index contributed by atoms with van der Waals surface area (Å²) in [5, 5.41) is 3.37. The van der Waals surface area contributed by atoms with E-state index in [1.807, 2.05) is 19.2 Å². The second-order valence-corrected chi connectivity index (χ2v) is 5.36. The average Bonchev–Trinajstić information content (AvgIpc) is 2.46. The van der Waals surface area contributed by atoms with Gasteiger partial charge in [-0.2, -0.15) is 0 Å². The predicted octanol–water partition coefficient (Wildman–Crippen LogP) is 3.96. The van der Waals surface area contributed by atoms with Gasteiger partial charge in [0.15, 0.2) is 0 Å². The highest BCUT2D eigenvalue weighted by Gasteiger charge is 2.10. The first-order valence-corrected chi connectivity index (χ1v) is 7.08. The van der Waals surface area contributed by atoms with Gasteiger partial charge >= 0.3 is 0 Å². The van der Waals surface area contributed by atoms with Crippen LogP contribution in [0.4, 0.5) is 0 Å². The summed E-state index contributed by atoms with van der Waals surface area (Å²) < 4.78 is 6.28. The molecule has 0 saturated heterocycles. The molecule has 2 aromatic rings. The number of likely N-dealkylation sites (N-methyl/N-ethyl adjacent to an activating group) is 1. The first kappa shape index (κ1) is 14.1. The molecule has 0 aromatic heterocycles. The Morgan fingerprint density at radius 3 is 2.21 bits per heavy atom. The van der Waals surface area contributed by atoms with Crippen molar-refractivity contribution >= 4 is 15.9 Å². The van der Waals surface area contributed by atoms with Crippen molar-refractivity contribution in [3.8, 4) is 5.75 Å². The molecule has 0 fully saturated rings. The Kier molecular flexibility index (Phi) is 5.00. The zero-order chi connectivity index (χ0) is 13.7.